The first kappa shape index (κ1) is 14.8. The van der Waals surface area contributed by atoms with Gasteiger partial charge in [-0.1, -0.05) is 12.1 Å². The molecule has 2 rings (SSSR count). The fraction of sp³-hybridized carbons (Fsp3) is 0.250. The number of hydrogen-bond donors (Lipinski definition) is 1. The first-order valence-electron chi connectivity index (χ1n) is 6.76. The second-order valence-corrected chi connectivity index (χ2v) is 5.07. The molecule has 1 aromatic heterocycles. The average Bonchev–Trinajstić information content (AvgIpc) is 2.85. The Balaban J connectivity index is 1.87. The zero-order valence-electron chi connectivity index (χ0n) is 12.6. The Morgan fingerprint density at radius 2 is 2.00 bits per heavy atom. The number of hydrogen-bond acceptors (Lipinski definition) is 3. The van der Waals surface area contributed by atoms with E-state index in [2.05, 4.69) is 10.5 Å². The van der Waals surface area contributed by atoms with Gasteiger partial charge in [0.2, 0.25) is 5.91 Å². The van der Waals surface area contributed by atoms with E-state index >= 15 is 0 Å². The molecular weight excluding hydrogens is 264 g/mol. The molecule has 0 saturated carbocycles. The minimum Gasteiger partial charge on any atom is -0.378 e. The number of rotatable bonds is 5. The number of aryl methyl sites for hydroxylation is 1. The van der Waals surface area contributed by atoms with Crippen molar-refractivity contribution in [3.05, 3.63) is 53.9 Å². The van der Waals surface area contributed by atoms with E-state index in [1.54, 1.807) is 6.21 Å². The van der Waals surface area contributed by atoms with E-state index in [1.165, 1.54) is 0 Å². The molecule has 0 aliphatic rings. The summed E-state index contributed by atoms with van der Waals surface area (Å²) in [4.78, 5) is 13.8. The summed E-state index contributed by atoms with van der Waals surface area (Å²) in [5, 5.41) is 3.98. The summed E-state index contributed by atoms with van der Waals surface area (Å²) in [6.45, 7) is 0. The van der Waals surface area contributed by atoms with Gasteiger partial charge in [0, 0.05) is 38.7 Å². The molecule has 5 nitrogen and oxygen atoms in total. The number of amides is 1. The highest BCUT2D eigenvalue weighted by Crippen LogP contribution is 2.10. The summed E-state index contributed by atoms with van der Waals surface area (Å²) in [5.41, 5.74) is 5.57. The maximum absolute atomic E-state index is 11.8. The Bertz CT molecular complexity index is 626. The molecular formula is C16H20N4O. The zero-order chi connectivity index (χ0) is 15.2. The van der Waals surface area contributed by atoms with Crippen LogP contribution in [0.4, 0.5) is 5.69 Å². The van der Waals surface area contributed by atoms with Gasteiger partial charge in [-0.2, -0.15) is 5.10 Å². The van der Waals surface area contributed by atoms with E-state index in [4.69, 9.17) is 0 Å². The molecule has 0 aliphatic carbocycles. The average molecular weight is 284 g/mol. The molecule has 21 heavy (non-hydrogen) atoms. The maximum atomic E-state index is 11.8. The van der Waals surface area contributed by atoms with Crippen LogP contribution in [0.15, 0.2) is 47.7 Å². The van der Waals surface area contributed by atoms with Crippen LogP contribution in [0.3, 0.4) is 0 Å². The quantitative estimate of drug-likeness (QED) is 0.672. The minimum absolute atomic E-state index is 0.127. The molecule has 5 heteroatoms. The second kappa shape index (κ2) is 6.74. The van der Waals surface area contributed by atoms with Crippen LogP contribution < -0.4 is 10.3 Å². The van der Waals surface area contributed by atoms with Crippen molar-refractivity contribution in [2.75, 3.05) is 19.0 Å². The highest BCUT2D eigenvalue weighted by atomic mass is 16.2. The van der Waals surface area contributed by atoms with Gasteiger partial charge in [0.15, 0.2) is 0 Å². The smallest absolute Gasteiger partial charge is 0.245 e. The first-order valence-corrected chi connectivity index (χ1v) is 6.76. The molecule has 0 spiro atoms. The number of benzene rings is 1. The molecule has 0 saturated heterocycles. The molecule has 1 aromatic carbocycles. The number of hydrazone groups is 1. The lowest BCUT2D eigenvalue weighted by Gasteiger charge is -2.11. The van der Waals surface area contributed by atoms with Gasteiger partial charge in [-0.25, -0.2) is 5.43 Å². The van der Waals surface area contributed by atoms with Gasteiger partial charge in [0.05, 0.1) is 12.6 Å². The van der Waals surface area contributed by atoms with E-state index < -0.39 is 0 Å². The van der Waals surface area contributed by atoms with Crippen LogP contribution in [0.25, 0.3) is 0 Å². The van der Waals surface area contributed by atoms with Crippen LogP contribution >= 0.6 is 0 Å². The lowest BCUT2D eigenvalue weighted by atomic mass is 10.2. The van der Waals surface area contributed by atoms with E-state index in [0.29, 0.717) is 6.42 Å². The van der Waals surface area contributed by atoms with Gasteiger partial charge < -0.3 is 9.47 Å². The van der Waals surface area contributed by atoms with Gasteiger partial charge in [-0.15, -0.1) is 0 Å². The van der Waals surface area contributed by atoms with E-state index in [-0.39, 0.29) is 5.91 Å². The number of aromatic nitrogens is 1. The van der Waals surface area contributed by atoms with Crippen molar-refractivity contribution in [1.82, 2.24) is 9.99 Å². The third-order valence-electron chi connectivity index (χ3n) is 3.21. The van der Waals surface area contributed by atoms with Crippen molar-refractivity contribution in [1.29, 1.82) is 0 Å². The molecule has 110 valence electrons. The number of nitrogens with zero attached hydrogens (tertiary/aromatic N) is 3. The van der Waals surface area contributed by atoms with E-state index in [0.717, 1.165) is 16.9 Å². The predicted molar refractivity (Wildman–Crippen MR) is 85.6 cm³/mol. The highest BCUT2D eigenvalue weighted by Gasteiger charge is 2.04. The van der Waals surface area contributed by atoms with Crippen LogP contribution in [-0.2, 0) is 18.3 Å². The van der Waals surface area contributed by atoms with Crippen molar-refractivity contribution in [3.63, 3.8) is 0 Å². The fourth-order valence-electron chi connectivity index (χ4n) is 1.92. The number of anilines is 1. The minimum atomic E-state index is -0.127. The Morgan fingerprint density at radius 3 is 2.57 bits per heavy atom. The van der Waals surface area contributed by atoms with Gasteiger partial charge in [-0.05, 0) is 29.8 Å². The molecule has 1 amide bonds. The molecule has 0 unspecified atom stereocenters. The van der Waals surface area contributed by atoms with Crippen molar-refractivity contribution in [2.24, 2.45) is 12.1 Å². The van der Waals surface area contributed by atoms with Crippen LogP contribution in [0.5, 0.6) is 0 Å². The van der Waals surface area contributed by atoms with Crippen LogP contribution in [0.2, 0.25) is 0 Å². The summed E-state index contributed by atoms with van der Waals surface area (Å²) >= 11 is 0. The standard InChI is InChI=1S/C16H20N4O/c1-19(2)14-8-6-13(7-9-14)12-17-18-16(21)11-15-5-4-10-20(15)3/h4-10,12H,11H2,1-3H3,(H,18,21). The van der Waals surface area contributed by atoms with E-state index in [1.807, 2.05) is 73.2 Å². The number of carbonyl (C=O) groups is 1. The zero-order valence-corrected chi connectivity index (χ0v) is 12.6. The Kier molecular flexibility index (Phi) is 4.77. The first-order chi connectivity index (χ1) is 10.1. The van der Waals surface area contributed by atoms with Crippen LogP contribution in [0.1, 0.15) is 11.3 Å². The monoisotopic (exact) mass is 284 g/mol. The van der Waals surface area contributed by atoms with Crippen molar-refractivity contribution < 1.29 is 4.79 Å². The molecule has 0 fully saturated rings. The Morgan fingerprint density at radius 1 is 1.29 bits per heavy atom. The summed E-state index contributed by atoms with van der Waals surface area (Å²) in [5.74, 6) is -0.127. The molecule has 0 aliphatic heterocycles. The molecule has 1 heterocycles. The van der Waals surface area contributed by atoms with Crippen molar-refractivity contribution >= 4 is 17.8 Å². The van der Waals surface area contributed by atoms with Crippen LogP contribution in [0, 0.1) is 0 Å². The predicted octanol–water partition coefficient (Wildman–Crippen LogP) is 1.78. The molecule has 1 N–H and O–H groups in total. The second-order valence-electron chi connectivity index (χ2n) is 5.07. The van der Waals surface area contributed by atoms with Crippen LogP contribution in [-0.4, -0.2) is 30.8 Å². The molecule has 0 bridgehead atoms. The van der Waals surface area contributed by atoms with Gasteiger partial charge in [-0.3, -0.25) is 4.79 Å². The third-order valence-corrected chi connectivity index (χ3v) is 3.21. The SMILES string of the molecule is CN(C)c1ccc(C=NNC(=O)Cc2cccn2C)cc1. The number of nitrogens with one attached hydrogen (secondary N) is 1. The van der Waals surface area contributed by atoms with Gasteiger partial charge >= 0.3 is 0 Å². The lowest BCUT2D eigenvalue weighted by molar-refractivity contribution is -0.120. The highest BCUT2D eigenvalue weighted by molar-refractivity contribution is 5.83. The summed E-state index contributed by atoms with van der Waals surface area (Å²) < 4.78 is 1.92. The lowest BCUT2D eigenvalue weighted by Crippen LogP contribution is -2.20. The van der Waals surface area contributed by atoms with Gasteiger partial charge in [0.25, 0.3) is 0 Å². The van der Waals surface area contributed by atoms with Gasteiger partial charge in [0.1, 0.15) is 0 Å². The largest absolute Gasteiger partial charge is 0.378 e. The third kappa shape index (κ3) is 4.21. The molecule has 0 radical (unpaired) electrons. The fourth-order valence-corrected chi connectivity index (χ4v) is 1.92. The summed E-state index contributed by atoms with van der Waals surface area (Å²) in [6.07, 6.45) is 3.88. The Hall–Kier alpha value is -2.56. The Labute approximate surface area is 124 Å². The maximum Gasteiger partial charge on any atom is 0.245 e. The summed E-state index contributed by atoms with van der Waals surface area (Å²) in [6, 6.07) is 11.8. The summed E-state index contributed by atoms with van der Waals surface area (Å²) in [7, 11) is 5.90. The van der Waals surface area contributed by atoms with Crippen molar-refractivity contribution in [2.45, 2.75) is 6.42 Å². The number of carbonyl (C=O) groups excluding carboxylic acids is 1. The molecule has 0 atom stereocenters. The molecule has 2 aromatic rings. The normalized spacial score (nSPS) is 10.8. The topological polar surface area (TPSA) is 49.6 Å². The van der Waals surface area contributed by atoms with Crippen molar-refractivity contribution in [3.8, 4) is 0 Å². The van der Waals surface area contributed by atoms with E-state index in [9.17, 15) is 4.79 Å².